The summed E-state index contributed by atoms with van der Waals surface area (Å²) in [5.74, 6) is -0.166. The number of amides is 2. The topological polar surface area (TPSA) is 49.4 Å². The average Bonchev–Trinajstić information content (AvgIpc) is 2.76. The third-order valence-corrected chi connectivity index (χ3v) is 4.40. The number of nitrogens with one attached hydrogen (secondary N) is 1. The molecule has 0 saturated carbocycles. The van der Waals surface area contributed by atoms with Gasteiger partial charge >= 0.3 is 0 Å². The number of halogens is 1. The van der Waals surface area contributed by atoms with Crippen molar-refractivity contribution in [3.05, 3.63) is 34.0 Å². The van der Waals surface area contributed by atoms with Crippen LogP contribution in [-0.4, -0.2) is 29.8 Å². The number of likely N-dealkylation sites (tertiary alicyclic amines) is 1. The molecule has 0 bridgehead atoms. The Kier molecular flexibility index (Phi) is 3.96. The Morgan fingerprint density at radius 1 is 1.58 bits per heavy atom. The van der Waals surface area contributed by atoms with Crippen LogP contribution in [0.4, 0.5) is 0 Å². The number of carbonyl (C=O) groups is 2. The van der Waals surface area contributed by atoms with Crippen LogP contribution in [0.1, 0.15) is 11.8 Å². The summed E-state index contributed by atoms with van der Waals surface area (Å²) in [4.78, 5) is 26.1. The number of nitrogens with zero attached hydrogens (tertiary/aromatic N) is 1. The minimum absolute atomic E-state index is 0.0369. The number of carbonyl (C=O) groups excluding carboxylic acids is 2. The molecule has 102 valence electrons. The van der Waals surface area contributed by atoms with Crippen LogP contribution in [0.5, 0.6) is 0 Å². The van der Waals surface area contributed by atoms with Gasteiger partial charge in [-0.1, -0.05) is 18.2 Å². The Hall–Kier alpha value is -1.33. The lowest BCUT2D eigenvalue weighted by Gasteiger charge is -2.46. The van der Waals surface area contributed by atoms with Crippen molar-refractivity contribution in [1.82, 2.24) is 10.2 Å². The van der Waals surface area contributed by atoms with Gasteiger partial charge in [-0.15, -0.1) is 11.3 Å². The molecule has 2 rings (SSSR count). The van der Waals surface area contributed by atoms with Crippen LogP contribution < -0.4 is 5.32 Å². The lowest BCUT2D eigenvalue weighted by molar-refractivity contribution is -0.148. The van der Waals surface area contributed by atoms with E-state index in [9.17, 15) is 9.59 Å². The highest BCUT2D eigenvalue weighted by molar-refractivity contribution is 7.16. The second-order valence-electron chi connectivity index (χ2n) is 4.85. The van der Waals surface area contributed by atoms with Gasteiger partial charge in [0.05, 0.1) is 16.3 Å². The van der Waals surface area contributed by atoms with Gasteiger partial charge in [0.15, 0.2) is 0 Å². The van der Waals surface area contributed by atoms with Crippen molar-refractivity contribution in [1.29, 1.82) is 0 Å². The van der Waals surface area contributed by atoms with Crippen LogP contribution >= 0.6 is 22.9 Å². The summed E-state index contributed by atoms with van der Waals surface area (Å²) in [7, 11) is 0. The summed E-state index contributed by atoms with van der Waals surface area (Å²) in [5, 5.41) is 2.88. The number of thiophene rings is 1. The summed E-state index contributed by atoms with van der Waals surface area (Å²) in [6, 6.07) is 3.70. The van der Waals surface area contributed by atoms with Gasteiger partial charge in [-0.05, 0) is 25.1 Å². The van der Waals surface area contributed by atoms with Gasteiger partial charge in [-0.25, -0.2) is 0 Å². The molecule has 0 spiro atoms. The van der Waals surface area contributed by atoms with E-state index in [1.807, 2.05) is 19.1 Å². The lowest BCUT2D eigenvalue weighted by Crippen LogP contribution is -2.62. The van der Waals surface area contributed by atoms with E-state index in [2.05, 4.69) is 11.9 Å². The summed E-state index contributed by atoms with van der Waals surface area (Å²) >= 11 is 7.27. The molecule has 0 aromatic carbocycles. The Labute approximate surface area is 121 Å². The van der Waals surface area contributed by atoms with Crippen molar-refractivity contribution in [3.8, 4) is 0 Å². The highest BCUT2D eigenvalue weighted by Gasteiger charge is 2.46. The fraction of sp³-hybridized carbons (Fsp3) is 0.385. The Bertz CT molecular complexity index is 520. The molecule has 1 aromatic rings. The maximum Gasteiger partial charge on any atom is 0.246 e. The zero-order valence-electron chi connectivity index (χ0n) is 10.6. The van der Waals surface area contributed by atoms with Gasteiger partial charge in [-0.2, -0.15) is 0 Å². The summed E-state index contributed by atoms with van der Waals surface area (Å²) < 4.78 is 0.710. The maximum atomic E-state index is 12.1. The number of hydrogen-bond donors (Lipinski definition) is 1. The van der Waals surface area contributed by atoms with Crippen molar-refractivity contribution >= 4 is 34.8 Å². The fourth-order valence-corrected chi connectivity index (χ4v) is 3.08. The minimum Gasteiger partial charge on any atom is -0.351 e. The van der Waals surface area contributed by atoms with Crippen LogP contribution in [0.2, 0.25) is 4.34 Å². The third-order valence-electron chi connectivity index (χ3n) is 3.17. The second kappa shape index (κ2) is 5.35. The van der Waals surface area contributed by atoms with Crippen LogP contribution in [0, 0.1) is 5.41 Å². The molecule has 0 unspecified atom stereocenters. The Morgan fingerprint density at radius 3 is 2.79 bits per heavy atom. The van der Waals surface area contributed by atoms with Crippen LogP contribution in [0.25, 0.3) is 0 Å². The fourth-order valence-electron chi connectivity index (χ4n) is 2.05. The van der Waals surface area contributed by atoms with E-state index in [1.165, 1.54) is 17.4 Å². The molecule has 1 aliphatic rings. The predicted molar refractivity (Wildman–Crippen MR) is 76.1 cm³/mol. The van der Waals surface area contributed by atoms with Gasteiger partial charge in [0, 0.05) is 18.0 Å². The SMILES string of the molecule is C=CC(=O)N1CC(C)(C(=O)NCc2ccc(Cl)s2)C1. The smallest absolute Gasteiger partial charge is 0.246 e. The zero-order valence-corrected chi connectivity index (χ0v) is 12.2. The molecular formula is C13H15ClN2O2S. The Morgan fingerprint density at radius 2 is 2.26 bits per heavy atom. The molecule has 2 amide bonds. The molecule has 0 aliphatic carbocycles. The molecule has 0 atom stereocenters. The molecule has 1 fully saturated rings. The van der Waals surface area contributed by atoms with E-state index in [0.717, 1.165) is 4.88 Å². The molecule has 1 aliphatic heterocycles. The molecule has 2 heterocycles. The zero-order chi connectivity index (χ0) is 14.0. The molecule has 1 N–H and O–H groups in total. The average molecular weight is 299 g/mol. The van der Waals surface area contributed by atoms with Gasteiger partial charge in [-0.3, -0.25) is 9.59 Å². The highest BCUT2D eigenvalue weighted by atomic mass is 35.5. The van der Waals surface area contributed by atoms with Crippen molar-refractivity contribution < 1.29 is 9.59 Å². The number of hydrogen-bond acceptors (Lipinski definition) is 3. The molecule has 0 radical (unpaired) electrons. The Balaban J connectivity index is 1.84. The predicted octanol–water partition coefficient (Wildman–Crippen LogP) is 2.05. The minimum atomic E-state index is -0.500. The first-order valence-electron chi connectivity index (χ1n) is 5.88. The van der Waals surface area contributed by atoms with Gasteiger partial charge < -0.3 is 10.2 Å². The molecule has 1 aromatic heterocycles. The van der Waals surface area contributed by atoms with Gasteiger partial charge in [0.2, 0.25) is 11.8 Å². The standard InChI is InChI=1S/C13H15ClN2O2S/c1-3-11(17)16-7-13(2,8-16)12(18)15-6-9-4-5-10(14)19-9/h3-5H,1,6-8H2,2H3,(H,15,18). The highest BCUT2D eigenvalue weighted by Crippen LogP contribution is 2.30. The van der Waals surface area contributed by atoms with Crippen molar-refractivity contribution in [2.75, 3.05) is 13.1 Å². The van der Waals surface area contributed by atoms with E-state index >= 15 is 0 Å². The van der Waals surface area contributed by atoms with Crippen molar-refractivity contribution in [3.63, 3.8) is 0 Å². The van der Waals surface area contributed by atoms with Gasteiger partial charge in [0.25, 0.3) is 0 Å². The van der Waals surface area contributed by atoms with E-state index in [4.69, 9.17) is 11.6 Å². The summed E-state index contributed by atoms with van der Waals surface area (Å²) in [6.07, 6.45) is 1.27. The van der Waals surface area contributed by atoms with E-state index < -0.39 is 5.41 Å². The molecule has 4 nitrogen and oxygen atoms in total. The second-order valence-corrected chi connectivity index (χ2v) is 6.65. The first-order valence-corrected chi connectivity index (χ1v) is 7.08. The largest absolute Gasteiger partial charge is 0.351 e. The van der Waals surface area contributed by atoms with Crippen LogP contribution in [-0.2, 0) is 16.1 Å². The molecular weight excluding hydrogens is 284 g/mol. The monoisotopic (exact) mass is 298 g/mol. The first kappa shape index (κ1) is 14.1. The first-order chi connectivity index (χ1) is 8.94. The lowest BCUT2D eigenvalue weighted by atomic mass is 9.81. The van der Waals surface area contributed by atoms with Crippen molar-refractivity contribution in [2.24, 2.45) is 5.41 Å². The number of rotatable bonds is 4. The maximum absolute atomic E-state index is 12.1. The summed E-state index contributed by atoms with van der Waals surface area (Å²) in [6.45, 7) is 6.64. The summed E-state index contributed by atoms with van der Waals surface area (Å²) in [5.41, 5.74) is -0.500. The van der Waals surface area contributed by atoms with Crippen molar-refractivity contribution in [2.45, 2.75) is 13.5 Å². The normalized spacial score (nSPS) is 16.6. The molecule has 6 heteroatoms. The van der Waals surface area contributed by atoms with Crippen LogP contribution in [0.3, 0.4) is 0 Å². The third kappa shape index (κ3) is 2.98. The van der Waals surface area contributed by atoms with Gasteiger partial charge in [0.1, 0.15) is 0 Å². The van der Waals surface area contributed by atoms with Crippen LogP contribution in [0.15, 0.2) is 24.8 Å². The molecule has 19 heavy (non-hydrogen) atoms. The quantitative estimate of drug-likeness (QED) is 0.865. The van der Waals surface area contributed by atoms with E-state index in [-0.39, 0.29) is 11.8 Å². The van der Waals surface area contributed by atoms with E-state index in [0.29, 0.717) is 24.0 Å². The van der Waals surface area contributed by atoms with E-state index in [1.54, 1.807) is 4.90 Å². The molecule has 1 saturated heterocycles.